The summed E-state index contributed by atoms with van der Waals surface area (Å²) >= 11 is 0. The molecule has 0 unspecified atom stereocenters. The zero-order chi connectivity index (χ0) is 21.3. The standard InChI is InChI=1S/C22H23N7O/c1-28(2)16-7-5-15(6-8-16)17-10-18-20(22(30)29(3)13-26-18)21(27-17)25-12-14-4-9-19(23)24-11-14/h4-11,13H,12H2,1-3H3,(H2,23,24)(H,25,27). The van der Waals surface area contributed by atoms with Crippen LogP contribution in [0.4, 0.5) is 17.3 Å². The summed E-state index contributed by atoms with van der Waals surface area (Å²) in [7, 11) is 5.67. The molecule has 4 aromatic rings. The molecule has 0 fully saturated rings. The predicted octanol–water partition coefficient (Wildman–Crippen LogP) is 2.65. The van der Waals surface area contributed by atoms with E-state index in [2.05, 4.69) is 15.3 Å². The van der Waals surface area contributed by atoms with E-state index in [1.165, 1.54) is 10.9 Å². The van der Waals surface area contributed by atoms with Crippen molar-refractivity contribution < 1.29 is 0 Å². The number of nitrogens with zero attached hydrogens (tertiary/aromatic N) is 5. The lowest BCUT2D eigenvalue weighted by molar-refractivity contribution is 0.842. The first-order valence-electron chi connectivity index (χ1n) is 9.51. The summed E-state index contributed by atoms with van der Waals surface area (Å²) < 4.78 is 1.45. The Labute approximate surface area is 174 Å². The van der Waals surface area contributed by atoms with Crippen LogP contribution in [0.3, 0.4) is 0 Å². The second-order valence-electron chi connectivity index (χ2n) is 7.30. The molecule has 30 heavy (non-hydrogen) atoms. The second-order valence-corrected chi connectivity index (χ2v) is 7.30. The molecule has 3 N–H and O–H groups in total. The van der Waals surface area contributed by atoms with Crippen LogP contribution < -0.4 is 21.5 Å². The number of aryl methyl sites for hydroxylation is 1. The molecule has 152 valence electrons. The number of hydrogen-bond acceptors (Lipinski definition) is 7. The number of rotatable bonds is 5. The molecule has 0 spiro atoms. The van der Waals surface area contributed by atoms with Gasteiger partial charge in [0.15, 0.2) is 0 Å². The zero-order valence-electron chi connectivity index (χ0n) is 17.1. The molecule has 0 aliphatic heterocycles. The number of benzene rings is 1. The highest BCUT2D eigenvalue weighted by Crippen LogP contribution is 2.26. The number of nitrogens with two attached hydrogens (primary N) is 1. The van der Waals surface area contributed by atoms with Crippen molar-refractivity contribution in [2.75, 3.05) is 30.0 Å². The molecule has 0 bridgehead atoms. The van der Waals surface area contributed by atoms with Gasteiger partial charge in [-0.1, -0.05) is 18.2 Å². The van der Waals surface area contributed by atoms with Crippen molar-refractivity contribution in [1.82, 2.24) is 19.5 Å². The summed E-state index contributed by atoms with van der Waals surface area (Å²) in [6, 6.07) is 13.6. The number of pyridine rings is 2. The molecule has 0 aliphatic carbocycles. The van der Waals surface area contributed by atoms with E-state index in [1.54, 1.807) is 19.3 Å². The van der Waals surface area contributed by atoms with Crippen LogP contribution in [0.15, 0.2) is 59.8 Å². The monoisotopic (exact) mass is 401 g/mol. The van der Waals surface area contributed by atoms with Gasteiger partial charge in [-0.05, 0) is 29.8 Å². The Bertz CT molecular complexity index is 1250. The average molecular weight is 401 g/mol. The van der Waals surface area contributed by atoms with Crippen molar-refractivity contribution in [3.8, 4) is 11.3 Å². The number of nitrogens with one attached hydrogen (secondary N) is 1. The summed E-state index contributed by atoms with van der Waals surface area (Å²) in [5, 5.41) is 3.73. The van der Waals surface area contributed by atoms with Crippen LogP contribution in [0.25, 0.3) is 22.2 Å². The van der Waals surface area contributed by atoms with Gasteiger partial charge in [-0.2, -0.15) is 0 Å². The van der Waals surface area contributed by atoms with E-state index in [-0.39, 0.29) is 5.56 Å². The number of hydrogen-bond donors (Lipinski definition) is 2. The van der Waals surface area contributed by atoms with E-state index in [9.17, 15) is 4.79 Å². The van der Waals surface area contributed by atoms with Gasteiger partial charge in [-0.3, -0.25) is 4.79 Å². The highest BCUT2D eigenvalue weighted by Gasteiger charge is 2.13. The molecule has 0 aliphatic rings. The van der Waals surface area contributed by atoms with Crippen molar-refractivity contribution in [3.63, 3.8) is 0 Å². The molecule has 3 aromatic heterocycles. The van der Waals surface area contributed by atoms with Gasteiger partial charge in [0.25, 0.3) is 5.56 Å². The maximum absolute atomic E-state index is 12.8. The molecule has 3 heterocycles. The van der Waals surface area contributed by atoms with E-state index >= 15 is 0 Å². The van der Waals surface area contributed by atoms with Gasteiger partial charge >= 0.3 is 0 Å². The number of fused-ring (bicyclic) bond motifs is 1. The van der Waals surface area contributed by atoms with Gasteiger partial charge in [0.1, 0.15) is 17.0 Å². The van der Waals surface area contributed by atoms with Crippen LogP contribution in [0.2, 0.25) is 0 Å². The lowest BCUT2D eigenvalue weighted by Gasteiger charge is -2.14. The SMILES string of the molecule is CN(C)c1ccc(-c2cc3ncn(C)c(=O)c3c(NCc3ccc(N)nc3)n2)cc1. The van der Waals surface area contributed by atoms with Crippen LogP contribution in [-0.4, -0.2) is 33.6 Å². The lowest BCUT2D eigenvalue weighted by Crippen LogP contribution is -2.19. The van der Waals surface area contributed by atoms with Crippen molar-refractivity contribution in [2.24, 2.45) is 7.05 Å². The van der Waals surface area contributed by atoms with Crippen LogP contribution in [0, 0.1) is 0 Å². The minimum absolute atomic E-state index is 0.153. The third-order valence-corrected chi connectivity index (χ3v) is 4.89. The van der Waals surface area contributed by atoms with Gasteiger partial charge in [0.05, 0.1) is 17.5 Å². The predicted molar refractivity (Wildman–Crippen MR) is 121 cm³/mol. The maximum Gasteiger partial charge on any atom is 0.264 e. The summed E-state index contributed by atoms with van der Waals surface area (Å²) in [5.41, 5.74) is 9.82. The molecule has 0 saturated carbocycles. The molecular formula is C22H23N7O. The molecular weight excluding hydrogens is 378 g/mol. The van der Waals surface area contributed by atoms with Crippen LogP contribution in [0.1, 0.15) is 5.56 Å². The van der Waals surface area contributed by atoms with Gasteiger partial charge < -0.3 is 20.5 Å². The highest BCUT2D eigenvalue weighted by atomic mass is 16.1. The maximum atomic E-state index is 12.8. The quantitative estimate of drug-likeness (QED) is 0.530. The van der Waals surface area contributed by atoms with E-state index < -0.39 is 0 Å². The fourth-order valence-electron chi connectivity index (χ4n) is 3.15. The summed E-state index contributed by atoms with van der Waals surface area (Å²) in [6.45, 7) is 0.455. The summed E-state index contributed by atoms with van der Waals surface area (Å²) in [5.74, 6) is 0.952. The van der Waals surface area contributed by atoms with Crippen LogP contribution in [0.5, 0.6) is 0 Å². The number of aromatic nitrogens is 4. The first kappa shape index (κ1) is 19.4. The Balaban J connectivity index is 1.78. The zero-order valence-corrected chi connectivity index (χ0v) is 17.1. The topological polar surface area (TPSA) is 102 Å². The number of nitrogen functional groups attached to an aromatic ring is 1. The molecule has 0 atom stereocenters. The smallest absolute Gasteiger partial charge is 0.264 e. The van der Waals surface area contributed by atoms with E-state index in [4.69, 9.17) is 10.7 Å². The Hall–Kier alpha value is -3.94. The minimum atomic E-state index is -0.153. The van der Waals surface area contributed by atoms with Crippen molar-refractivity contribution in [1.29, 1.82) is 0 Å². The summed E-state index contributed by atoms with van der Waals surface area (Å²) in [6.07, 6.45) is 3.22. The summed E-state index contributed by atoms with van der Waals surface area (Å²) in [4.78, 5) is 28.1. The van der Waals surface area contributed by atoms with Gasteiger partial charge in [-0.25, -0.2) is 15.0 Å². The van der Waals surface area contributed by atoms with E-state index in [0.29, 0.717) is 29.1 Å². The van der Waals surface area contributed by atoms with Crippen molar-refractivity contribution >= 4 is 28.2 Å². The Morgan fingerprint density at radius 1 is 1.10 bits per heavy atom. The van der Waals surface area contributed by atoms with E-state index in [1.807, 2.05) is 55.4 Å². The fourth-order valence-corrected chi connectivity index (χ4v) is 3.15. The second kappa shape index (κ2) is 7.82. The molecule has 8 nitrogen and oxygen atoms in total. The molecule has 8 heteroatoms. The normalized spacial score (nSPS) is 10.9. The van der Waals surface area contributed by atoms with Crippen LogP contribution >= 0.6 is 0 Å². The molecule has 4 rings (SSSR count). The third-order valence-electron chi connectivity index (χ3n) is 4.89. The minimum Gasteiger partial charge on any atom is -0.384 e. The third kappa shape index (κ3) is 3.80. The first-order valence-corrected chi connectivity index (χ1v) is 9.51. The average Bonchev–Trinajstić information content (AvgIpc) is 2.75. The number of anilines is 3. The highest BCUT2D eigenvalue weighted by molar-refractivity contribution is 5.91. The van der Waals surface area contributed by atoms with Crippen molar-refractivity contribution in [3.05, 3.63) is 70.9 Å². The molecule has 0 saturated heterocycles. The van der Waals surface area contributed by atoms with Crippen LogP contribution in [-0.2, 0) is 13.6 Å². The molecule has 1 aromatic carbocycles. The van der Waals surface area contributed by atoms with Gasteiger partial charge in [0.2, 0.25) is 0 Å². The largest absolute Gasteiger partial charge is 0.384 e. The Morgan fingerprint density at radius 3 is 2.53 bits per heavy atom. The van der Waals surface area contributed by atoms with Gasteiger partial charge in [-0.15, -0.1) is 0 Å². The fraction of sp³-hybridized carbons (Fsp3) is 0.182. The Kier molecular flexibility index (Phi) is 5.05. The lowest BCUT2D eigenvalue weighted by atomic mass is 10.1. The van der Waals surface area contributed by atoms with Crippen molar-refractivity contribution in [2.45, 2.75) is 6.54 Å². The first-order chi connectivity index (χ1) is 14.4. The van der Waals surface area contributed by atoms with E-state index in [0.717, 1.165) is 22.5 Å². The van der Waals surface area contributed by atoms with Gasteiger partial charge in [0, 0.05) is 45.1 Å². The molecule has 0 radical (unpaired) electrons. The Morgan fingerprint density at radius 2 is 1.87 bits per heavy atom. The molecule has 0 amide bonds.